The number of anilines is 6. The first-order chi connectivity index (χ1) is 33.0. The minimum Gasteiger partial charge on any atom is -0.399 e. The van der Waals surface area contributed by atoms with Crippen molar-refractivity contribution in [2.45, 2.75) is 89.8 Å². The number of nitrogen functional groups attached to an aromatic ring is 2. The van der Waals surface area contributed by atoms with E-state index in [1.54, 1.807) is 38.7 Å². The van der Waals surface area contributed by atoms with Crippen LogP contribution in [0.1, 0.15) is 77.3 Å². The van der Waals surface area contributed by atoms with Crippen molar-refractivity contribution in [3.63, 3.8) is 0 Å². The van der Waals surface area contributed by atoms with Crippen LogP contribution in [0.2, 0.25) is 5.15 Å². The van der Waals surface area contributed by atoms with Gasteiger partial charge in [-0.1, -0.05) is 11.6 Å². The molecule has 0 spiro atoms. The van der Waals surface area contributed by atoms with Crippen molar-refractivity contribution in [2.75, 3.05) is 96.8 Å². The van der Waals surface area contributed by atoms with Gasteiger partial charge in [0.15, 0.2) is 0 Å². The van der Waals surface area contributed by atoms with E-state index in [4.69, 9.17) is 41.9 Å². The Hall–Kier alpha value is -5.63. The molecule has 4 aromatic rings. The Balaban J connectivity index is 0.000000160. The van der Waals surface area contributed by atoms with Crippen molar-refractivity contribution in [2.24, 2.45) is 0 Å². The van der Waals surface area contributed by atoms with Gasteiger partial charge in [-0.2, -0.15) is 36.3 Å². The van der Waals surface area contributed by atoms with Crippen LogP contribution >= 0.6 is 11.6 Å². The molecule has 0 atom stereocenters. The second-order valence-corrected chi connectivity index (χ2v) is 18.3. The van der Waals surface area contributed by atoms with Crippen LogP contribution in [0.3, 0.4) is 0 Å². The molecule has 0 radical (unpaired) electrons. The number of alkyl halides is 6. The molecule has 4 N–H and O–H groups in total. The zero-order chi connectivity index (χ0) is 50.6. The molecular formula is C44H54BClF6N12O6. The maximum atomic E-state index is 13.7. The molecule has 0 aliphatic carbocycles. The van der Waals surface area contributed by atoms with Crippen LogP contribution in [0.4, 0.5) is 61.5 Å². The van der Waals surface area contributed by atoms with Gasteiger partial charge in [0.25, 0.3) is 0 Å². The van der Waals surface area contributed by atoms with Crippen molar-refractivity contribution >= 4 is 71.2 Å². The fraction of sp³-hybridized carbons (Fsp3) is 0.545. The Labute approximate surface area is 405 Å². The lowest BCUT2D eigenvalue weighted by Gasteiger charge is -2.32. The minimum absolute atomic E-state index is 0.0414. The molecule has 0 unspecified atom stereocenters. The van der Waals surface area contributed by atoms with Crippen molar-refractivity contribution in [1.29, 1.82) is 0 Å². The number of ether oxygens (including phenoxy) is 2. The summed E-state index contributed by atoms with van der Waals surface area (Å²) in [6, 6.07) is 4.66. The molecule has 0 aromatic carbocycles. The standard InChI is InChI=1S/C19H21F3N6O2.C13H17ClN4O2.C12H16BF3N2O2/c20-19(21,22)13-9-15(23)24-11-12(13)14-10-16(28-4-2-1-3-17(28)29)26-18(25-14)27-5-7-30-8-6-27;14-10-9-11(18-4-2-1-3-12(18)19)16-13(15-10)17-5-7-20-8-6-17;1-10(2)11(3,4)20-13(19-10)8-6-18-9(17)5-7(8)12(14,15)16/h9-11H,1-8H2,(H2,23,24);9H,1-8H2;5-6H,1-4H3,(H2,17,18). The minimum atomic E-state index is -4.64. The van der Waals surface area contributed by atoms with Crippen LogP contribution in [0.25, 0.3) is 11.3 Å². The molecule has 5 aliphatic heterocycles. The number of piperidine rings is 2. The SMILES string of the molecule is CC1(C)OB(c2cnc(N)cc2C(F)(F)F)OC1(C)C.Nc1cc(C(F)(F)F)c(-c2cc(N3CCCCC3=O)nc(N3CCOCC3)n2)cn1.O=C1CCCCN1c1cc(Cl)nc(N2CCOCC2)n1. The third-order valence-corrected chi connectivity index (χ3v) is 12.6. The van der Waals surface area contributed by atoms with Gasteiger partial charge in [-0.25, -0.2) is 19.9 Å². The van der Waals surface area contributed by atoms with E-state index in [1.165, 1.54) is 11.0 Å². The van der Waals surface area contributed by atoms with Gasteiger partial charge >= 0.3 is 19.5 Å². The fourth-order valence-electron chi connectivity index (χ4n) is 7.93. The average molecular weight is 1010 g/mol. The largest absolute Gasteiger partial charge is 0.497 e. The van der Waals surface area contributed by atoms with Crippen LogP contribution < -0.4 is 36.5 Å². The van der Waals surface area contributed by atoms with Gasteiger partial charge in [-0.3, -0.25) is 19.4 Å². The summed E-state index contributed by atoms with van der Waals surface area (Å²) >= 11 is 6.09. The van der Waals surface area contributed by atoms with Gasteiger partial charge in [0.2, 0.25) is 23.7 Å². The number of morpholine rings is 2. The molecule has 70 heavy (non-hydrogen) atoms. The number of nitrogens with zero attached hydrogens (tertiary/aromatic N) is 10. The van der Waals surface area contributed by atoms with Gasteiger partial charge in [-0.15, -0.1) is 0 Å². The predicted molar refractivity (Wildman–Crippen MR) is 250 cm³/mol. The van der Waals surface area contributed by atoms with Crippen LogP contribution in [-0.4, -0.2) is 126 Å². The van der Waals surface area contributed by atoms with Crippen molar-refractivity contribution in [3.8, 4) is 11.3 Å². The summed E-state index contributed by atoms with van der Waals surface area (Å²) in [5, 5.41) is 0.370. The lowest BCUT2D eigenvalue weighted by atomic mass is 9.77. The van der Waals surface area contributed by atoms with Crippen molar-refractivity contribution in [1.82, 2.24) is 29.9 Å². The second-order valence-electron chi connectivity index (χ2n) is 17.9. The summed E-state index contributed by atoms with van der Waals surface area (Å²) in [4.78, 5) is 56.7. The highest BCUT2D eigenvalue weighted by Gasteiger charge is 2.54. The van der Waals surface area contributed by atoms with E-state index >= 15 is 0 Å². The molecule has 4 aromatic heterocycles. The third-order valence-electron chi connectivity index (χ3n) is 12.4. The Morgan fingerprint density at radius 3 is 1.56 bits per heavy atom. The number of nitrogens with two attached hydrogens (primary N) is 2. The Morgan fingerprint density at radius 1 is 0.614 bits per heavy atom. The van der Waals surface area contributed by atoms with E-state index in [-0.39, 0.29) is 51.9 Å². The molecule has 18 nitrogen and oxygen atoms in total. The molecule has 9 rings (SSSR count). The summed E-state index contributed by atoms with van der Waals surface area (Å²) < 4.78 is 102. The first kappa shape index (κ1) is 52.2. The summed E-state index contributed by atoms with van der Waals surface area (Å²) in [5.41, 5.74) is 7.24. The number of rotatable bonds is 6. The molecule has 5 saturated heterocycles. The van der Waals surface area contributed by atoms with Crippen LogP contribution in [-0.2, 0) is 40.7 Å². The number of amides is 2. The van der Waals surface area contributed by atoms with Gasteiger partial charge in [0.05, 0.1) is 54.5 Å². The van der Waals surface area contributed by atoms with E-state index in [0.717, 1.165) is 63.3 Å². The number of hydrogen-bond donors (Lipinski definition) is 2. The Morgan fingerprint density at radius 2 is 1.07 bits per heavy atom. The highest BCUT2D eigenvalue weighted by Crippen LogP contribution is 2.40. The lowest BCUT2D eigenvalue weighted by Crippen LogP contribution is -2.41. The first-order valence-electron chi connectivity index (χ1n) is 22.7. The normalized spacial score (nSPS) is 19.6. The molecule has 26 heteroatoms. The van der Waals surface area contributed by atoms with Gasteiger partial charge < -0.3 is 40.0 Å². The van der Waals surface area contributed by atoms with E-state index in [2.05, 4.69) is 29.9 Å². The second kappa shape index (κ2) is 21.4. The van der Waals surface area contributed by atoms with Gasteiger partial charge in [-0.05, 0) is 65.5 Å². The first-order valence-corrected chi connectivity index (χ1v) is 23.1. The van der Waals surface area contributed by atoms with Crippen LogP contribution in [0, 0.1) is 0 Å². The molecular weight excluding hydrogens is 953 g/mol. The molecule has 2 amide bonds. The molecule has 9 heterocycles. The number of carbonyl (C=O) groups is 2. The summed E-state index contributed by atoms with van der Waals surface area (Å²) in [7, 11) is -1.12. The van der Waals surface area contributed by atoms with Crippen LogP contribution in [0.15, 0.2) is 36.7 Å². The highest BCUT2D eigenvalue weighted by molar-refractivity contribution is 6.62. The van der Waals surface area contributed by atoms with Crippen LogP contribution in [0.5, 0.6) is 0 Å². The van der Waals surface area contributed by atoms with E-state index in [1.807, 2.05) is 9.80 Å². The molecule has 378 valence electrons. The van der Waals surface area contributed by atoms with Crippen molar-refractivity contribution in [3.05, 3.63) is 52.9 Å². The summed E-state index contributed by atoms with van der Waals surface area (Å²) in [5.74, 6) is 1.30. The zero-order valence-electron chi connectivity index (χ0n) is 39.1. The fourth-order valence-corrected chi connectivity index (χ4v) is 8.11. The average Bonchev–Trinajstić information content (AvgIpc) is 3.54. The van der Waals surface area contributed by atoms with Gasteiger partial charge in [0, 0.05) is 87.7 Å². The number of carbonyl (C=O) groups excluding carboxylic acids is 2. The zero-order valence-corrected chi connectivity index (χ0v) is 39.8. The lowest BCUT2D eigenvalue weighted by molar-refractivity contribution is -0.137. The third kappa shape index (κ3) is 12.5. The molecule has 5 fully saturated rings. The smallest absolute Gasteiger partial charge is 0.399 e. The topological polar surface area (TPSA) is 213 Å². The van der Waals surface area contributed by atoms with E-state index < -0.39 is 41.8 Å². The number of pyridine rings is 2. The maximum Gasteiger partial charge on any atom is 0.497 e. The predicted octanol–water partition coefficient (Wildman–Crippen LogP) is 5.96. The van der Waals surface area contributed by atoms with E-state index in [0.29, 0.717) is 82.4 Å². The quantitative estimate of drug-likeness (QED) is 0.130. The monoisotopic (exact) mass is 1010 g/mol. The summed E-state index contributed by atoms with van der Waals surface area (Å²) in [6.45, 7) is 13.0. The number of halogens is 7. The molecule has 0 saturated carbocycles. The highest BCUT2D eigenvalue weighted by atomic mass is 35.5. The van der Waals surface area contributed by atoms with E-state index in [9.17, 15) is 35.9 Å². The maximum absolute atomic E-state index is 13.7. The van der Waals surface area contributed by atoms with Crippen molar-refractivity contribution < 1.29 is 54.7 Å². The molecule has 5 aliphatic rings. The number of hydrogen-bond acceptors (Lipinski definition) is 16. The summed E-state index contributed by atoms with van der Waals surface area (Å²) in [6.07, 6.45) is -2.58. The Bertz CT molecular complexity index is 2500. The Kier molecular flexibility index (Phi) is 15.9. The van der Waals surface area contributed by atoms with Gasteiger partial charge in [0.1, 0.15) is 28.4 Å². The number of aromatic nitrogens is 6. The molecule has 0 bridgehead atoms.